The number of anilines is 2. The van der Waals surface area contributed by atoms with E-state index >= 15 is 0 Å². The normalized spacial score (nSPS) is 19.0. The van der Waals surface area contributed by atoms with Crippen molar-refractivity contribution in [3.8, 4) is 11.4 Å². The highest BCUT2D eigenvalue weighted by Gasteiger charge is 2.42. The van der Waals surface area contributed by atoms with Crippen molar-refractivity contribution in [3.63, 3.8) is 0 Å². The molecular weight excluding hydrogens is 395 g/mol. The molecular formula is C21H20F3N5O. The quantitative estimate of drug-likeness (QED) is 0.675. The third-order valence-electron chi connectivity index (χ3n) is 5.40. The van der Waals surface area contributed by atoms with Gasteiger partial charge >= 0.3 is 6.18 Å². The molecule has 6 nitrogen and oxygen atoms in total. The molecule has 0 aliphatic carbocycles. The summed E-state index contributed by atoms with van der Waals surface area (Å²) >= 11 is 0. The molecule has 30 heavy (non-hydrogen) atoms. The molecule has 1 amide bonds. The number of amides is 1. The van der Waals surface area contributed by atoms with Gasteiger partial charge in [0.25, 0.3) is 0 Å². The minimum Gasteiger partial charge on any atom is -0.355 e. The molecule has 3 aromatic rings. The Labute approximate surface area is 171 Å². The molecule has 1 aromatic carbocycles. The van der Waals surface area contributed by atoms with Crippen LogP contribution in [0.3, 0.4) is 0 Å². The number of carbonyl (C=O) groups excluding carboxylic acids is 1. The van der Waals surface area contributed by atoms with E-state index in [2.05, 4.69) is 20.7 Å². The summed E-state index contributed by atoms with van der Waals surface area (Å²) in [6.45, 7) is 2.50. The number of nitrogens with one attached hydrogen (secondary N) is 2. The molecule has 9 heteroatoms. The molecule has 1 fully saturated rings. The number of alkyl halides is 3. The van der Waals surface area contributed by atoms with Gasteiger partial charge in [-0.05, 0) is 55.8 Å². The van der Waals surface area contributed by atoms with E-state index in [1.807, 2.05) is 13.0 Å². The molecule has 0 saturated carbocycles. The Hall–Kier alpha value is -3.36. The van der Waals surface area contributed by atoms with Gasteiger partial charge in [0.2, 0.25) is 5.91 Å². The van der Waals surface area contributed by atoms with Gasteiger partial charge in [0.15, 0.2) is 0 Å². The number of hydrogen-bond acceptors (Lipinski definition) is 4. The molecule has 2 N–H and O–H groups in total. The van der Waals surface area contributed by atoms with E-state index in [0.29, 0.717) is 35.7 Å². The fourth-order valence-corrected chi connectivity index (χ4v) is 3.69. The lowest BCUT2D eigenvalue weighted by atomic mass is 9.85. The van der Waals surface area contributed by atoms with Crippen molar-refractivity contribution in [1.29, 1.82) is 0 Å². The van der Waals surface area contributed by atoms with Gasteiger partial charge in [-0.25, -0.2) is 0 Å². The number of hydrogen-bond donors (Lipinski definition) is 2. The maximum atomic E-state index is 12.8. The van der Waals surface area contributed by atoms with E-state index < -0.39 is 17.2 Å². The molecule has 0 bridgehead atoms. The summed E-state index contributed by atoms with van der Waals surface area (Å²) < 4.78 is 40.0. The van der Waals surface area contributed by atoms with Crippen LogP contribution in [-0.4, -0.2) is 27.2 Å². The van der Waals surface area contributed by atoms with Gasteiger partial charge in [0, 0.05) is 25.5 Å². The zero-order valence-corrected chi connectivity index (χ0v) is 16.4. The molecule has 156 valence electrons. The Morgan fingerprint density at radius 1 is 1.20 bits per heavy atom. The van der Waals surface area contributed by atoms with Gasteiger partial charge in [0.1, 0.15) is 11.4 Å². The smallest absolute Gasteiger partial charge is 0.355 e. The third kappa shape index (κ3) is 3.51. The second-order valence-electron chi connectivity index (χ2n) is 7.48. The van der Waals surface area contributed by atoms with Gasteiger partial charge in [0.05, 0.1) is 22.4 Å². The van der Waals surface area contributed by atoms with E-state index in [0.717, 1.165) is 17.8 Å². The highest BCUT2D eigenvalue weighted by Crippen LogP contribution is 2.35. The first-order valence-corrected chi connectivity index (χ1v) is 9.41. The minimum atomic E-state index is -4.38. The van der Waals surface area contributed by atoms with Crippen LogP contribution in [0.2, 0.25) is 0 Å². The predicted octanol–water partition coefficient (Wildman–Crippen LogP) is 4.02. The summed E-state index contributed by atoms with van der Waals surface area (Å²) in [5, 5.41) is 10.5. The number of carbonyl (C=O) groups is 1. The van der Waals surface area contributed by atoms with Gasteiger partial charge in [-0.2, -0.15) is 18.3 Å². The van der Waals surface area contributed by atoms with Crippen LogP contribution < -0.4 is 10.6 Å². The molecule has 3 heterocycles. The lowest BCUT2D eigenvalue weighted by Crippen LogP contribution is -2.34. The Balaban J connectivity index is 1.66. The van der Waals surface area contributed by atoms with E-state index in [-0.39, 0.29) is 5.91 Å². The summed E-state index contributed by atoms with van der Waals surface area (Å²) in [5.74, 6) is -0.0406. The van der Waals surface area contributed by atoms with Gasteiger partial charge in [-0.3, -0.25) is 14.5 Å². The molecule has 1 atom stereocenters. The largest absolute Gasteiger partial charge is 0.416 e. The van der Waals surface area contributed by atoms with Crippen LogP contribution in [0.15, 0.2) is 48.7 Å². The number of aryl methyl sites for hydroxylation is 1. The Morgan fingerprint density at radius 3 is 2.57 bits per heavy atom. The van der Waals surface area contributed by atoms with Crippen molar-refractivity contribution < 1.29 is 18.0 Å². The number of benzene rings is 1. The average Bonchev–Trinajstić information content (AvgIpc) is 3.25. The average molecular weight is 415 g/mol. The first-order valence-electron chi connectivity index (χ1n) is 9.41. The Morgan fingerprint density at radius 2 is 1.93 bits per heavy atom. The first-order chi connectivity index (χ1) is 14.2. The van der Waals surface area contributed by atoms with Crippen molar-refractivity contribution in [2.24, 2.45) is 7.05 Å². The van der Waals surface area contributed by atoms with Crippen LogP contribution in [-0.2, 0) is 23.4 Å². The predicted molar refractivity (Wildman–Crippen MR) is 106 cm³/mol. The van der Waals surface area contributed by atoms with Crippen LogP contribution in [0.1, 0.15) is 24.6 Å². The van der Waals surface area contributed by atoms with E-state index in [1.54, 1.807) is 30.1 Å². The number of pyridine rings is 1. The van der Waals surface area contributed by atoms with E-state index in [9.17, 15) is 18.0 Å². The number of nitrogens with zero attached hydrogens (tertiary/aromatic N) is 3. The molecule has 1 aliphatic heterocycles. The van der Waals surface area contributed by atoms with Crippen LogP contribution in [0.4, 0.5) is 24.5 Å². The SMILES string of the molecule is Cn1nc(-c2ncccc2Nc2ccc(C(F)(F)F)cc2)cc1[C@@]1(C)CCNC1=O. The molecule has 0 spiro atoms. The zero-order chi connectivity index (χ0) is 21.5. The summed E-state index contributed by atoms with van der Waals surface area (Å²) in [5.41, 5.74) is 1.61. The summed E-state index contributed by atoms with van der Waals surface area (Å²) in [4.78, 5) is 16.7. The zero-order valence-electron chi connectivity index (χ0n) is 16.4. The number of aromatic nitrogens is 3. The van der Waals surface area contributed by atoms with Crippen molar-refractivity contribution >= 4 is 17.3 Å². The molecule has 0 unspecified atom stereocenters. The van der Waals surface area contributed by atoms with Gasteiger partial charge < -0.3 is 10.6 Å². The second-order valence-corrected chi connectivity index (χ2v) is 7.48. The fourth-order valence-electron chi connectivity index (χ4n) is 3.69. The van der Waals surface area contributed by atoms with E-state index in [1.165, 1.54) is 12.1 Å². The maximum Gasteiger partial charge on any atom is 0.416 e. The van der Waals surface area contributed by atoms with Crippen molar-refractivity contribution in [1.82, 2.24) is 20.1 Å². The van der Waals surface area contributed by atoms with Crippen molar-refractivity contribution in [3.05, 3.63) is 59.9 Å². The van der Waals surface area contributed by atoms with Crippen LogP contribution >= 0.6 is 0 Å². The summed E-state index contributed by atoms with van der Waals surface area (Å²) in [6.07, 6.45) is -2.10. The van der Waals surface area contributed by atoms with Gasteiger partial charge in [-0.1, -0.05) is 0 Å². The standard InChI is InChI=1S/C21H20F3N5O/c1-20(9-11-26-19(20)30)17-12-16(28-29(17)2)18-15(4-3-10-25-18)27-14-7-5-13(6-8-14)21(22,23)24/h3-8,10,12,27H,9,11H2,1-2H3,(H,26,30)/t20-/m1/s1. The summed E-state index contributed by atoms with van der Waals surface area (Å²) in [7, 11) is 1.78. The first kappa shape index (κ1) is 19.9. The lowest BCUT2D eigenvalue weighted by molar-refractivity contribution is -0.137. The number of halogens is 3. The second kappa shape index (κ2) is 7.16. The topological polar surface area (TPSA) is 71.8 Å². The molecule has 4 rings (SSSR count). The maximum absolute atomic E-state index is 12.8. The lowest BCUT2D eigenvalue weighted by Gasteiger charge is -2.20. The number of rotatable bonds is 4. The molecule has 2 aromatic heterocycles. The molecule has 0 radical (unpaired) electrons. The van der Waals surface area contributed by atoms with Crippen LogP contribution in [0.25, 0.3) is 11.4 Å². The van der Waals surface area contributed by atoms with Crippen molar-refractivity contribution in [2.75, 3.05) is 11.9 Å². The highest BCUT2D eigenvalue weighted by atomic mass is 19.4. The van der Waals surface area contributed by atoms with E-state index in [4.69, 9.17) is 0 Å². The van der Waals surface area contributed by atoms with Crippen LogP contribution in [0, 0.1) is 0 Å². The monoisotopic (exact) mass is 415 g/mol. The Bertz CT molecular complexity index is 1090. The molecule has 1 aliphatic rings. The fraction of sp³-hybridized carbons (Fsp3) is 0.286. The van der Waals surface area contributed by atoms with Gasteiger partial charge in [-0.15, -0.1) is 0 Å². The Kier molecular flexibility index (Phi) is 4.76. The van der Waals surface area contributed by atoms with Crippen LogP contribution in [0.5, 0.6) is 0 Å². The molecule has 1 saturated heterocycles. The van der Waals surface area contributed by atoms with Crippen molar-refractivity contribution in [2.45, 2.75) is 24.9 Å². The highest BCUT2D eigenvalue weighted by molar-refractivity contribution is 5.90. The minimum absolute atomic E-state index is 0.0406. The third-order valence-corrected chi connectivity index (χ3v) is 5.40. The summed E-state index contributed by atoms with van der Waals surface area (Å²) in [6, 6.07) is 10.1.